The van der Waals surface area contributed by atoms with Crippen molar-refractivity contribution in [2.75, 3.05) is 0 Å². The molecular formula is C24H19IrN2-. The van der Waals surface area contributed by atoms with Crippen LogP contribution in [0.15, 0.2) is 60.8 Å². The van der Waals surface area contributed by atoms with Gasteiger partial charge in [-0.2, -0.15) is 0 Å². The standard InChI is InChI=1S/C24H19N2.Ir/c1-15-11-12-21-20(13-15)18-9-4-5-10-19(18)24-25-14-22(26(21)24)23-16(2)7-6-8-17(23)3;/h4-9,11-14H,1-3H3;/q-1;/i14D;. The van der Waals surface area contributed by atoms with E-state index in [9.17, 15) is 0 Å². The van der Waals surface area contributed by atoms with E-state index in [0.29, 0.717) is 6.17 Å². The number of pyridine rings is 1. The number of aromatic nitrogens is 2. The maximum absolute atomic E-state index is 8.68. The molecule has 0 spiro atoms. The minimum atomic E-state index is 0. The van der Waals surface area contributed by atoms with Gasteiger partial charge in [0.15, 0.2) is 0 Å². The van der Waals surface area contributed by atoms with Crippen LogP contribution in [0.4, 0.5) is 0 Å². The largest absolute Gasteiger partial charge is 0.333 e. The van der Waals surface area contributed by atoms with Crippen LogP contribution >= 0.6 is 0 Å². The molecule has 135 valence electrons. The first-order chi connectivity index (χ1) is 13.1. The van der Waals surface area contributed by atoms with Crippen LogP contribution in [-0.4, -0.2) is 9.38 Å². The average molecular weight is 529 g/mol. The summed E-state index contributed by atoms with van der Waals surface area (Å²) < 4.78 is 10.8. The fourth-order valence-corrected chi connectivity index (χ4v) is 3.98. The number of rotatable bonds is 1. The molecule has 3 aromatic carbocycles. The predicted molar refractivity (Wildman–Crippen MR) is 109 cm³/mol. The van der Waals surface area contributed by atoms with Crippen molar-refractivity contribution in [1.29, 1.82) is 0 Å². The Morgan fingerprint density at radius 3 is 2.52 bits per heavy atom. The molecule has 0 aliphatic rings. The Morgan fingerprint density at radius 2 is 1.74 bits per heavy atom. The van der Waals surface area contributed by atoms with Gasteiger partial charge in [0.2, 0.25) is 0 Å². The number of benzene rings is 3. The number of hydrogen-bond acceptors (Lipinski definition) is 1. The molecule has 1 radical (unpaired) electrons. The zero-order valence-corrected chi connectivity index (χ0v) is 17.8. The van der Waals surface area contributed by atoms with Crippen molar-refractivity contribution in [3.05, 3.63) is 83.5 Å². The van der Waals surface area contributed by atoms with Gasteiger partial charge in [0.1, 0.15) is 0 Å². The quantitative estimate of drug-likeness (QED) is 0.192. The molecule has 0 N–H and O–H groups in total. The molecule has 0 fully saturated rings. The maximum atomic E-state index is 8.68. The molecule has 2 nitrogen and oxygen atoms in total. The fraction of sp³-hybridized carbons (Fsp3) is 0.125. The van der Waals surface area contributed by atoms with E-state index in [1.165, 1.54) is 10.9 Å². The molecule has 0 saturated heterocycles. The first kappa shape index (κ1) is 16.7. The molecule has 2 aromatic heterocycles. The van der Waals surface area contributed by atoms with E-state index in [1.807, 2.05) is 12.1 Å². The van der Waals surface area contributed by atoms with E-state index in [4.69, 9.17) is 1.37 Å². The van der Waals surface area contributed by atoms with Gasteiger partial charge in [-0.25, -0.2) is 0 Å². The van der Waals surface area contributed by atoms with Crippen LogP contribution in [0.25, 0.3) is 38.6 Å². The van der Waals surface area contributed by atoms with Crippen LogP contribution in [0.2, 0.25) is 0 Å². The minimum Gasteiger partial charge on any atom is -0.333 e. The van der Waals surface area contributed by atoms with Gasteiger partial charge < -0.3 is 4.40 Å². The van der Waals surface area contributed by atoms with E-state index >= 15 is 0 Å². The van der Waals surface area contributed by atoms with Gasteiger partial charge in [-0.05, 0) is 43.4 Å². The van der Waals surface area contributed by atoms with Gasteiger partial charge in [0.05, 0.1) is 12.7 Å². The molecule has 0 bridgehead atoms. The Balaban J connectivity index is 0.00000192. The molecule has 0 amide bonds. The topological polar surface area (TPSA) is 17.3 Å². The number of nitrogens with zero attached hydrogens (tertiary/aromatic N) is 2. The molecule has 5 aromatic rings. The van der Waals surface area contributed by atoms with Crippen LogP contribution < -0.4 is 0 Å². The second-order valence-electron chi connectivity index (χ2n) is 6.98. The van der Waals surface area contributed by atoms with Crippen molar-refractivity contribution in [2.24, 2.45) is 0 Å². The smallest absolute Gasteiger partial charge is 0.0853 e. The van der Waals surface area contributed by atoms with Crippen LogP contribution in [0.3, 0.4) is 0 Å². The van der Waals surface area contributed by atoms with Crippen molar-refractivity contribution in [1.82, 2.24) is 9.38 Å². The summed E-state index contributed by atoms with van der Waals surface area (Å²) in [5, 5.41) is 3.25. The number of hydrogen-bond donors (Lipinski definition) is 0. The summed E-state index contributed by atoms with van der Waals surface area (Å²) in [6.45, 7) is 6.31. The summed E-state index contributed by atoms with van der Waals surface area (Å²) in [5.74, 6) is 0. The average Bonchev–Trinajstić information content (AvgIpc) is 2.99. The van der Waals surface area contributed by atoms with Crippen molar-refractivity contribution >= 4 is 27.3 Å². The Kier molecular flexibility index (Phi) is 4.07. The fourth-order valence-electron chi connectivity index (χ4n) is 3.98. The molecule has 0 unspecified atom stereocenters. The normalized spacial score (nSPS) is 11.7. The Hall–Kier alpha value is -2.48. The number of fused-ring (bicyclic) bond motifs is 6. The van der Waals surface area contributed by atoms with Crippen LogP contribution in [-0.2, 0) is 20.1 Å². The monoisotopic (exact) mass is 529 g/mol. The molecule has 0 aliphatic heterocycles. The van der Waals surface area contributed by atoms with Crippen molar-refractivity contribution in [3.8, 4) is 11.3 Å². The third-order valence-corrected chi connectivity index (χ3v) is 5.18. The van der Waals surface area contributed by atoms with Gasteiger partial charge in [-0.1, -0.05) is 41.3 Å². The third-order valence-electron chi connectivity index (χ3n) is 5.18. The zero-order chi connectivity index (χ0) is 18.7. The molecule has 27 heavy (non-hydrogen) atoms. The van der Waals surface area contributed by atoms with Crippen molar-refractivity contribution < 1.29 is 21.5 Å². The zero-order valence-electron chi connectivity index (χ0n) is 16.4. The molecule has 2 heterocycles. The molecule has 0 aliphatic carbocycles. The summed E-state index contributed by atoms with van der Waals surface area (Å²) in [6, 6.07) is 22.1. The summed E-state index contributed by atoms with van der Waals surface area (Å²) in [7, 11) is 0. The Labute approximate surface area is 173 Å². The first-order valence-electron chi connectivity index (χ1n) is 9.34. The summed E-state index contributed by atoms with van der Waals surface area (Å²) in [6.07, 6.45) is 0.305. The second-order valence-corrected chi connectivity index (χ2v) is 6.98. The first-order valence-corrected chi connectivity index (χ1v) is 8.84. The molecule has 3 heteroatoms. The van der Waals surface area contributed by atoms with E-state index in [-0.39, 0.29) is 20.1 Å². The van der Waals surface area contributed by atoms with Crippen LogP contribution in [0, 0.1) is 26.8 Å². The van der Waals surface area contributed by atoms with Gasteiger partial charge in [-0.3, -0.25) is 4.98 Å². The van der Waals surface area contributed by atoms with Gasteiger partial charge >= 0.3 is 0 Å². The Bertz CT molecular complexity index is 1350. The molecule has 0 saturated carbocycles. The van der Waals surface area contributed by atoms with Crippen LogP contribution in [0.5, 0.6) is 0 Å². The van der Waals surface area contributed by atoms with E-state index in [1.54, 1.807) is 0 Å². The van der Waals surface area contributed by atoms with Gasteiger partial charge in [0.25, 0.3) is 0 Å². The number of imidazole rings is 1. The summed E-state index contributed by atoms with van der Waals surface area (Å²) in [4.78, 5) is 4.67. The molecule has 5 rings (SSSR count). The minimum absolute atomic E-state index is 0. The number of aryl methyl sites for hydroxylation is 3. The van der Waals surface area contributed by atoms with Gasteiger partial charge in [-0.15, -0.1) is 29.7 Å². The second kappa shape index (κ2) is 6.60. The van der Waals surface area contributed by atoms with E-state index in [0.717, 1.165) is 44.3 Å². The summed E-state index contributed by atoms with van der Waals surface area (Å²) >= 11 is 0. The Morgan fingerprint density at radius 1 is 0.963 bits per heavy atom. The molecular weight excluding hydrogens is 508 g/mol. The maximum Gasteiger partial charge on any atom is 0.0853 e. The molecule has 0 atom stereocenters. The van der Waals surface area contributed by atoms with Crippen LogP contribution in [0.1, 0.15) is 18.1 Å². The van der Waals surface area contributed by atoms with Gasteiger partial charge in [0, 0.05) is 37.4 Å². The SMILES string of the molecule is [2H]c1nc2c3[c-]cccc3c3cc(C)ccc3n2c1-c1c(C)cccc1C.[Ir]. The predicted octanol–water partition coefficient (Wildman–Crippen LogP) is 6.03. The summed E-state index contributed by atoms with van der Waals surface area (Å²) in [5.41, 5.74) is 7.34. The van der Waals surface area contributed by atoms with E-state index < -0.39 is 0 Å². The van der Waals surface area contributed by atoms with Crippen molar-refractivity contribution in [3.63, 3.8) is 0 Å². The third kappa shape index (κ3) is 2.62. The van der Waals surface area contributed by atoms with Crippen molar-refractivity contribution in [2.45, 2.75) is 20.8 Å². The van der Waals surface area contributed by atoms with E-state index in [2.05, 4.69) is 78.7 Å².